The van der Waals surface area contributed by atoms with Crippen molar-refractivity contribution < 1.29 is 17.9 Å². The lowest BCUT2D eigenvalue weighted by atomic mass is 10.00. The summed E-state index contributed by atoms with van der Waals surface area (Å²) in [6.45, 7) is 0.596. The van der Waals surface area contributed by atoms with Gasteiger partial charge < -0.3 is 10.8 Å². The van der Waals surface area contributed by atoms with Crippen molar-refractivity contribution in [1.82, 2.24) is 4.31 Å². The van der Waals surface area contributed by atoms with Gasteiger partial charge in [0, 0.05) is 31.8 Å². The Bertz CT molecular complexity index is 569. The van der Waals surface area contributed by atoms with E-state index >= 15 is 0 Å². The van der Waals surface area contributed by atoms with Gasteiger partial charge in [0.05, 0.1) is 4.90 Å². The molecule has 0 bridgehead atoms. The number of rotatable bonds is 4. The molecular formula is C13H19FN2O3S. The monoisotopic (exact) mass is 302 g/mol. The predicted molar refractivity (Wildman–Crippen MR) is 72.9 cm³/mol. The minimum atomic E-state index is -3.73. The number of hydrogen-bond acceptors (Lipinski definition) is 4. The molecule has 2 rings (SSSR count). The van der Waals surface area contributed by atoms with Crippen LogP contribution in [0.15, 0.2) is 23.1 Å². The minimum absolute atomic E-state index is 0.0248. The van der Waals surface area contributed by atoms with E-state index in [2.05, 4.69) is 0 Å². The third kappa shape index (κ3) is 2.85. The highest BCUT2D eigenvalue weighted by molar-refractivity contribution is 7.89. The lowest BCUT2D eigenvalue weighted by Gasteiger charge is -2.30. The number of nitrogens with zero attached hydrogens (tertiary/aromatic N) is 1. The predicted octanol–water partition coefficient (Wildman–Crippen LogP) is 0.677. The Kier molecular flexibility index (Phi) is 4.74. The van der Waals surface area contributed by atoms with Gasteiger partial charge in [-0.25, -0.2) is 12.8 Å². The second-order valence-corrected chi connectivity index (χ2v) is 6.86. The summed E-state index contributed by atoms with van der Waals surface area (Å²) in [5.74, 6) is -0.457. The van der Waals surface area contributed by atoms with Gasteiger partial charge in [-0.1, -0.05) is 6.07 Å². The van der Waals surface area contributed by atoms with E-state index in [4.69, 9.17) is 10.8 Å². The molecule has 1 aliphatic heterocycles. The van der Waals surface area contributed by atoms with Crippen LogP contribution in [-0.2, 0) is 16.6 Å². The Hall–Kier alpha value is -1.02. The molecule has 0 atom stereocenters. The standard InChI is InChI=1S/C13H19FN2O3S/c14-12-2-1-3-13(11(12)8-15)20(18,19)16-6-4-10(9-17)5-7-16/h1-3,10,17H,4-9,15H2. The summed E-state index contributed by atoms with van der Waals surface area (Å²) in [7, 11) is -3.73. The Morgan fingerprint density at radius 3 is 2.55 bits per heavy atom. The molecule has 0 radical (unpaired) electrons. The number of nitrogens with two attached hydrogens (primary N) is 1. The molecule has 20 heavy (non-hydrogen) atoms. The first-order valence-electron chi connectivity index (χ1n) is 6.59. The van der Waals surface area contributed by atoms with Crippen LogP contribution in [0.25, 0.3) is 0 Å². The molecule has 1 fully saturated rings. The summed E-state index contributed by atoms with van der Waals surface area (Å²) in [6.07, 6.45) is 1.23. The van der Waals surface area contributed by atoms with Crippen molar-refractivity contribution in [3.05, 3.63) is 29.6 Å². The lowest BCUT2D eigenvalue weighted by Crippen LogP contribution is -2.39. The molecule has 0 unspecified atom stereocenters. The first-order valence-corrected chi connectivity index (χ1v) is 8.03. The van der Waals surface area contributed by atoms with Crippen LogP contribution in [0.3, 0.4) is 0 Å². The molecule has 0 aliphatic carbocycles. The SMILES string of the molecule is NCc1c(F)cccc1S(=O)(=O)N1CCC(CO)CC1. The van der Waals surface area contributed by atoms with Crippen LogP contribution in [0.1, 0.15) is 18.4 Å². The van der Waals surface area contributed by atoms with E-state index in [-0.39, 0.29) is 29.5 Å². The fourth-order valence-electron chi connectivity index (χ4n) is 2.45. The maximum absolute atomic E-state index is 13.7. The van der Waals surface area contributed by atoms with Gasteiger partial charge in [0.25, 0.3) is 0 Å². The van der Waals surface area contributed by atoms with Gasteiger partial charge in [-0.2, -0.15) is 4.31 Å². The van der Waals surface area contributed by atoms with Crippen LogP contribution >= 0.6 is 0 Å². The first-order chi connectivity index (χ1) is 9.50. The average molecular weight is 302 g/mol. The zero-order valence-corrected chi connectivity index (χ0v) is 11.9. The molecule has 1 saturated heterocycles. The van der Waals surface area contributed by atoms with E-state index in [1.54, 1.807) is 0 Å². The highest BCUT2D eigenvalue weighted by Crippen LogP contribution is 2.26. The van der Waals surface area contributed by atoms with Crippen molar-refractivity contribution >= 4 is 10.0 Å². The van der Waals surface area contributed by atoms with E-state index in [1.807, 2.05) is 0 Å². The maximum atomic E-state index is 13.7. The molecule has 112 valence electrons. The van der Waals surface area contributed by atoms with Gasteiger partial charge in [-0.15, -0.1) is 0 Å². The van der Waals surface area contributed by atoms with Crippen LogP contribution in [-0.4, -0.2) is 37.5 Å². The van der Waals surface area contributed by atoms with Crippen molar-refractivity contribution in [2.75, 3.05) is 19.7 Å². The largest absolute Gasteiger partial charge is 0.396 e. The third-order valence-corrected chi connectivity index (χ3v) is 5.71. The summed E-state index contributed by atoms with van der Waals surface area (Å²) in [5, 5.41) is 9.08. The van der Waals surface area contributed by atoms with E-state index in [0.29, 0.717) is 25.9 Å². The molecule has 1 aromatic carbocycles. The smallest absolute Gasteiger partial charge is 0.243 e. The number of aliphatic hydroxyl groups excluding tert-OH is 1. The normalized spacial score (nSPS) is 18.4. The lowest BCUT2D eigenvalue weighted by molar-refractivity contribution is 0.170. The molecule has 7 heteroatoms. The summed E-state index contributed by atoms with van der Waals surface area (Å²) in [6, 6.07) is 3.97. The highest BCUT2D eigenvalue weighted by Gasteiger charge is 2.31. The molecule has 1 aliphatic rings. The molecule has 3 N–H and O–H groups in total. The van der Waals surface area contributed by atoms with Gasteiger partial charge in [-0.05, 0) is 30.9 Å². The van der Waals surface area contributed by atoms with Crippen molar-refractivity contribution in [2.24, 2.45) is 11.7 Å². The topological polar surface area (TPSA) is 83.6 Å². The number of benzene rings is 1. The summed E-state index contributed by atoms with van der Waals surface area (Å²) in [4.78, 5) is -0.0533. The Labute approximate surface area is 118 Å². The molecule has 0 aromatic heterocycles. The quantitative estimate of drug-likeness (QED) is 0.856. The highest BCUT2D eigenvalue weighted by atomic mass is 32.2. The number of piperidine rings is 1. The Morgan fingerprint density at radius 2 is 2.00 bits per heavy atom. The van der Waals surface area contributed by atoms with Crippen LogP contribution in [0.4, 0.5) is 4.39 Å². The van der Waals surface area contributed by atoms with E-state index in [0.717, 1.165) is 0 Å². The molecule has 0 spiro atoms. The van der Waals surface area contributed by atoms with Gasteiger partial charge in [-0.3, -0.25) is 0 Å². The van der Waals surface area contributed by atoms with Crippen LogP contribution < -0.4 is 5.73 Å². The fraction of sp³-hybridized carbons (Fsp3) is 0.538. The first kappa shape index (κ1) is 15.4. The van der Waals surface area contributed by atoms with Crippen molar-refractivity contribution in [1.29, 1.82) is 0 Å². The molecule has 5 nitrogen and oxygen atoms in total. The molecule has 1 heterocycles. The maximum Gasteiger partial charge on any atom is 0.243 e. The second kappa shape index (κ2) is 6.17. The Balaban J connectivity index is 2.30. The van der Waals surface area contributed by atoms with E-state index < -0.39 is 15.8 Å². The summed E-state index contributed by atoms with van der Waals surface area (Å²) in [5.41, 5.74) is 5.49. The van der Waals surface area contributed by atoms with Gasteiger partial charge >= 0.3 is 0 Å². The average Bonchev–Trinajstić information content (AvgIpc) is 2.47. The Morgan fingerprint density at radius 1 is 1.35 bits per heavy atom. The van der Waals surface area contributed by atoms with Crippen LogP contribution in [0.5, 0.6) is 0 Å². The minimum Gasteiger partial charge on any atom is -0.396 e. The van der Waals surface area contributed by atoms with Crippen molar-refractivity contribution in [3.63, 3.8) is 0 Å². The second-order valence-electron chi connectivity index (χ2n) is 4.95. The molecule has 1 aromatic rings. The van der Waals surface area contributed by atoms with Gasteiger partial charge in [0.2, 0.25) is 10.0 Å². The third-order valence-electron chi connectivity index (χ3n) is 3.73. The molecule has 0 amide bonds. The molecule has 0 saturated carbocycles. The number of aliphatic hydroxyl groups is 1. The van der Waals surface area contributed by atoms with Crippen LogP contribution in [0.2, 0.25) is 0 Å². The van der Waals surface area contributed by atoms with Gasteiger partial charge in [0.1, 0.15) is 5.82 Å². The van der Waals surface area contributed by atoms with Crippen molar-refractivity contribution in [3.8, 4) is 0 Å². The molecular weight excluding hydrogens is 283 g/mol. The van der Waals surface area contributed by atoms with Gasteiger partial charge in [0.15, 0.2) is 0 Å². The van der Waals surface area contributed by atoms with Crippen LogP contribution in [0, 0.1) is 11.7 Å². The van der Waals surface area contributed by atoms with Crippen molar-refractivity contribution in [2.45, 2.75) is 24.3 Å². The summed E-state index contributed by atoms with van der Waals surface area (Å²) < 4.78 is 40.1. The fourth-order valence-corrected chi connectivity index (χ4v) is 4.16. The van der Waals surface area contributed by atoms with E-state index in [1.165, 1.54) is 22.5 Å². The number of sulfonamides is 1. The van der Waals surface area contributed by atoms with E-state index in [9.17, 15) is 12.8 Å². The number of hydrogen-bond donors (Lipinski definition) is 2. The zero-order valence-electron chi connectivity index (χ0n) is 11.1. The summed E-state index contributed by atoms with van der Waals surface area (Å²) >= 11 is 0. The number of halogens is 1. The zero-order chi connectivity index (χ0) is 14.8.